The molecule has 0 radical (unpaired) electrons. The lowest BCUT2D eigenvalue weighted by molar-refractivity contribution is -0.137. The molecule has 1 aromatic rings. The van der Waals surface area contributed by atoms with E-state index in [4.69, 9.17) is 4.74 Å². The van der Waals surface area contributed by atoms with Crippen molar-refractivity contribution in [2.45, 2.75) is 13.8 Å². The number of aryl methyl sites for hydroxylation is 1. The fourth-order valence-electron chi connectivity index (χ4n) is 1.36. The molecule has 0 fully saturated rings. The Bertz CT molecular complexity index is 501. The van der Waals surface area contributed by atoms with Crippen LogP contribution in [-0.4, -0.2) is 23.4 Å². The Kier molecular flexibility index (Phi) is 7.43. The third kappa shape index (κ3) is 6.95. The Hall–Kier alpha value is -1.81. The predicted molar refractivity (Wildman–Crippen MR) is 83.5 cm³/mol. The summed E-state index contributed by atoms with van der Waals surface area (Å²) < 4.78 is 4.99. The molecule has 1 rings (SSSR count). The largest absolute Gasteiger partial charge is 0.462 e. The quantitative estimate of drug-likeness (QED) is 0.457. The van der Waals surface area contributed by atoms with Crippen molar-refractivity contribution in [2.75, 3.05) is 12.4 Å². The summed E-state index contributed by atoms with van der Waals surface area (Å²) in [7, 11) is 0. The second kappa shape index (κ2) is 9.15. The molecule has 0 atom stereocenters. The van der Waals surface area contributed by atoms with Gasteiger partial charge in [0.1, 0.15) is 6.61 Å². The van der Waals surface area contributed by atoms with Crippen LogP contribution in [0.25, 0.3) is 6.08 Å². The molecule has 0 N–H and O–H groups in total. The number of ether oxygens (including phenoxy) is 1. The summed E-state index contributed by atoms with van der Waals surface area (Å²) in [5.74, 6) is 0.0671. The van der Waals surface area contributed by atoms with Gasteiger partial charge in [-0.15, -0.1) is 0 Å². The SMILES string of the molecule is CC=CC(=O)SCCOC(=O)C=Cc1ccc(C)cc1. The lowest BCUT2D eigenvalue weighted by atomic mass is 10.1. The maximum atomic E-state index is 11.4. The first-order valence-corrected chi connectivity index (χ1v) is 7.31. The van der Waals surface area contributed by atoms with Gasteiger partial charge in [0.25, 0.3) is 0 Å². The zero-order chi connectivity index (χ0) is 14.8. The average molecular weight is 290 g/mol. The van der Waals surface area contributed by atoms with Gasteiger partial charge in [-0.2, -0.15) is 0 Å². The molecule has 0 aromatic heterocycles. The van der Waals surface area contributed by atoms with E-state index in [1.165, 1.54) is 17.7 Å². The van der Waals surface area contributed by atoms with Crippen LogP contribution < -0.4 is 0 Å². The molecule has 0 aliphatic rings. The Morgan fingerprint density at radius 1 is 1.20 bits per heavy atom. The minimum absolute atomic E-state index is 0.0289. The van der Waals surface area contributed by atoms with Gasteiger partial charge >= 0.3 is 5.97 Å². The van der Waals surface area contributed by atoms with Crippen LogP contribution in [0.5, 0.6) is 0 Å². The van der Waals surface area contributed by atoms with Crippen LogP contribution in [0.2, 0.25) is 0 Å². The number of esters is 1. The lowest BCUT2D eigenvalue weighted by Gasteiger charge is -2.00. The van der Waals surface area contributed by atoms with Gasteiger partial charge in [0.05, 0.1) is 0 Å². The minimum atomic E-state index is -0.398. The van der Waals surface area contributed by atoms with Crippen LogP contribution in [0.4, 0.5) is 0 Å². The molecule has 0 heterocycles. The number of carbonyl (C=O) groups is 2. The van der Waals surface area contributed by atoms with Crippen molar-refractivity contribution in [3.8, 4) is 0 Å². The average Bonchev–Trinajstić information content (AvgIpc) is 2.43. The highest BCUT2D eigenvalue weighted by atomic mass is 32.2. The van der Waals surface area contributed by atoms with Gasteiger partial charge < -0.3 is 4.74 Å². The van der Waals surface area contributed by atoms with Crippen LogP contribution in [0, 0.1) is 6.92 Å². The van der Waals surface area contributed by atoms with Gasteiger partial charge in [-0.1, -0.05) is 47.7 Å². The number of benzene rings is 1. The fraction of sp³-hybridized carbons (Fsp3) is 0.250. The molecular weight excluding hydrogens is 272 g/mol. The molecule has 1 aromatic carbocycles. The molecule has 3 nitrogen and oxygen atoms in total. The van der Waals surface area contributed by atoms with Crippen molar-refractivity contribution in [1.82, 2.24) is 0 Å². The molecule has 20 heavy (non-hydrogen) atoms. The summed E-state index contributed by atoms with van der Waals surface area (Å²) in [6.07, 6.45) is 6.28. The Morgan fingerprint density at radius 3 is 2.55 bits per heavy atom. The lowest BCUT2D eigenvalue weighted by Crippen LogP contribution is -2.05. The number of allylic oxidation sites excluding steroid dienone is 1. The number of hydrogen-bond donors (Lipinski definition) is 0. The monoisotopic (exact) mass is 290 g/mol. The molecule has 4 heteroatoms. The molecule has 0 spiro atoms. The maximum Gasteiger partial charge on any atom is 0.330 e. The number of carbonyl (C=O) groups excluding carboxylic acids is 2. The van der Waals surface area contributed by atoms with Gasteiger partial charge in [-0.3, -0.25) is 4.79 Å². The summed E-state index contributed by atoms with van der Waals surface area (Å²) in [6, 6.07) is 7.83. The molecule has 0 aliphatic heterocycles. The molecule has 0 aliphatic carbocycles. The van der Waals surface area contributed by atoms with Crippen molar-refractivity contribution < 1.29 is 14.3 Å². The molecule has 0 amide bonds. The zero-order valence-electron chi connectivity index (χ0n) is 11.7. The second-order valence-electron chi connectivity index (χ2n) is 4.08. The highest BCUT2D eigenvalue weighted by Gasteiger charge is 2.00. The van der Waals surface area contributed by atoms with Crippen molar-refractivity contribution in [1.29, 1.82) is 0 Å². The summed E-state index contributed by atoms with van der Waals surface area (Å²) in [4.78, 5) is 22.6. The number of thioether (sulfide) groups is 1. The molecule has 0 bridgehead atoms. The van der Waals surface area contributed by atoms with Gasteiger partial charge in [-0.25, -0.2) is 4.79 Å². The maximum absolute atomic E-state index is 11.4. The summed E-state index contributed by atoms with van der Waals surface area (Å²) in [5.41, 5.74) is 2.12. The summed E-state index contributed by atoms with van der Waals surface area (Å²) in [5, 5.41) is -0.0289. The van der Waals surface area contributed by atoms with Crippen molar-refractivity contribution in [3.05, 3.63) is 53.6 Å². The van der Waals surface area contributed by atoms with E-state index in [0.29, 0.717) is 5.75 Å². The van der Waals surface area contributed by atoms with Crippen LogP contribution in [0.15, 0.2) is 42.5 Å². The topological polar surface area (TPSA) is 43.4 Å². The highest BCUT2D eigenvalue weighted by molar-refractivity contribution is 8.14. The minimum Gasteiger partial charge on any atom is -0.462 e. The van der Waals surface area contributed by atoms with E-state index in [2.05, 4.69) is 0 Å². The van der Waals surface area contributed by atoms with Crippen LogP contribution in [-0.2, 0) is 14.3 Å². The van der Waals surface area contributed by atoms with E-state index < -0.39 is 5.97 Å². The Balaban J connectivity index is 2.26. The van der Waals surface area contributed by atoms with Gasteiger partial charge in [0.2, 0.25) is 5.12 Å². The van der Waals surface area contributed by atoms with E-state index >= 15 is 0 Å². The third-order valence-corrected chi connectivity index (χ3v) is 3.16. The second-order valence-corrected chi connectivity index (χ2v) is 5.18. The first-order valence-electron chi connectivity index (χ1n) is 6.33. The highest BCUT2D eigenvalue weighted by Crippen LogP contribution is 2.06. The third-order valence-electron chi connectivity index (χ3n) is 2.36. The molecular formula is C16H18O3S. The smallest absolute Gasteiger partial charge is 0.330 e. The van der Waals surface area contributed by atoms with Crippen molar-refractivity contribution in [3.63, 3.8) is 0 Å². The van der Waals surface area contributed by atoms with Gasteiger partial charge in [0.15, 0.2) is 0 Å². The molecule has 0 unspecified atom stereocenters. The Labute approximate surface area is 123 Å². The zero-order valence-corrected chi connectivity index (χ0v) is 12.5. The first kappa shape index (κ1) is 16.2. The standard InChI is InChI=1S/C16H18O3S/c1-3-4-16(18)20-12-11-19-15(17)10-9-14-7-5-13(2)6-8-14/h3-10H,11-12H2,1-2H3. The van der Waals surface area contributed by atoms with Crippen LogP contribution in [0.1, 0.15) is 18.1 Å². The van der Waals surface area contributed by atoms with E-state index in [9.17, 15) is 9.59 Å². The fourth-order valence-corrected chi connectivity index (χ4v) is 1.96. The van der Waals surface area contributed by atoms with Crippen molar-refractivity contribution >= 4 is 28.9 Å². The first-order chi connectivity index (χ1) is 9.61. The molecule has 0 saturated heterocycles. The number of hydrogen-bond acceptors (Lipinski definition) is 4. The normalized spacial score (nSPS) is 11.1. The number of rotatable bonds is 6. The van der Waals surface area contributed by atoms with Crippen LogP contribution in [0.3, 0.4) is 0 Å². The van der Waals surface area contributed by atoms with E-state index in [0.717, 1.165) is 17.3 Å². The van der Waals surface area contributed by atoms with E-state index in [1.54, 1.807) is 19.1 Å². The molecule has 106 valence electrons. The Morgan fingerprint density at radius 2 is 1.90 bits per heavy atom. The van der Waals surface area contributed by atoms with Gasteiger partial charge in [0, 0.05) is 11.8 Å². The van der Waals surface area contributed by atoms with E-state index in [1.807, 2.05) is 31.2 Å². The molecule has 0 saturated carbocycles. The van der Waals surface area contributed by atoms with Gasteiger partial charge in [-0.05, 0) is 31.6 Å². The van der Waals surface area contributed by atoms with Crippen molar-refractivity contribution in [2.24, 2.45) is 0 Å². The van der Waals surface area contributed by atoms with E-state index in [-0.39, 0.29) is 11.7 Å². The predicted octanol–water partition coefficient (Wildman–Crippen LogP) is 3.39. The van der Waals surface area contributed by atoms with Crippen LogP contribution >= 0.6 is 11.8 Å². The summed E-state index contributed by atoms with van der Waals surface area (Å²) in [6.45, 7) is 4.02. The summed E-state index contributed by atoms with van der Waals surface area (Å²) >= 11 is 1.13.